The zero-order chi connectivity index (χ0) is 9.42. The molecular weight excluding hydrogens is 276 g/mol. The number of anilines is 1. The van der Waals surface area contributed by atoms with Crippen molar-refractivity contribution in [3.05, 3.63) is 20.9 Å². The topological polar surface area (TPSA) is 52.0 Å². The van der Waals surface area contributed by atoms with Crippen molar-refractivity contribution in [2.45, 2.75) is 0 Å². The smallest absolute Gasteiger partial charge is 0.194 e. The number of hydrogen-bond acceptors (Lipinski definition) is 4. The van der Waals surface area contributed by atoms with Crippen molar-refractivity contribution in [2.75, 3.05) is 5.73 Å². The van der Waals surface area contributed by atoms with E-state index in [2.05, 4.69) is 21.1 Å². The molecule has 0 saturated heterocycles. The number of hydrogen-bond donors (Lipinski definition) is 1. The standard InChI is InChI=1S/C7H4BrClN2OS/c8-4-5(12-11-7(4)10)6-3(9)1-2-13-6/h1-2H,(H2,10,11). The Morgan fingerprint density at radius 3 is 2.85 bits per heavy atom. The molecule has 0 fully saturated rings. The van der Waals surface area contributed by atoms with Gasteiger partial charge in [-0.2, -0.15) is 0 Å². The van der Waals surface area contributed by atoms with E-state index >= 15 is 0 Å². The van der Waals surface area contributed by atoms with Gasteiger partial charge in [0.2, 0.25) is 0 Å². The normalized spacial score (nSPS) is 10.6. The summed E-state index contributed by atoms with van der Waals surface area (Å²) in [5.41, 5.74) is 5.51. The Morgan fingerprint density at radius 1 is 1.62 bits per heavy atom. The maximum Gasteiger partial charge on any atom is 0.194 e. The summed E-state index contributed by atoms with van der Waals surface area (Å²) in [7, 11) is 0. The Morgan fingerprint density at radius 2 is 2.38 bits per heavy atom. The van der Waals surface area contributed by atoms with Crippen LogP contribution in [0.1, 0.15) is 0 Å². The number of nitrogen functional groups attached to an aromatic ring is 1. The highest BCUT2D eigenvalue weighted by molar-refractivity contribution is 9.10. The minimum atomic E-state index is 0.333. The molecule has 13 heavy (non-hydrogen) atoms. The summed E-state index contributed by atoms with van der Waals surface area (Å²) in [6.45, 7) is 0. The van der Waals surface area contributed by atoms with Crippen molar-refractivity contribution in [1.29, 1.82) is 0 Å². The van der Waals surface area contributed by atoms with Crippen LogP contribution in [0.4, 0.5) is 5.82 Å². The van der Waals surface area contributed by atoms with Crippen LogP contribution in [0.5, 0.6) is 0 Å². The van der Waals surface area contributed by atoms with E-state index in [0.717, 1.165) is 4.88 Å². The summed E-state index contributed by atoms with van der Waals surface area (Å²) in [4.78, 5) is 0.831. The highest BCUT2D eigenvalue weighted by Crippen LogP contribution is 2.39. The van der Waals surface area contributed by atoms with Gasteiger partial charge in [0.15, 0.2) is 11.6 Å². The Kier molecular flexibility index (Phi) is 2.31. The van der Waals surface area contributed by atoms with Crippen LogP contribution in [0.15, 0.2) is 20.4 Å². The summed E-state index contributed by atoms with van der Waals surface area (Å²) in [6, 6.07) is 1.80. The van der Waals surface area contributed by atoms with Crippen LogP contribution in [-0.4, -0.2) is 5.16 Å². The molecule has 0 amide bonds. The van der Waals surface area contributed by atoms with Gasteiger partial charge >= 0.3 is 0 Å². The van der Waals surface area contributed by atoms with Crippen molar-refractivity contribution in [3.8, 4) is 10.6 Å². The van der Waals surface area contributed by atoms with Crippen molar-refractivity contribution in [3.63, 3.8) is 0 Å². The van der Waals surface area contributed by atoms with E-state index in [9.17, 15) is 0 Å². The molecule has 2 rings (SSSR count). The van der Waals surface area contributed by atoms with E-state index in [0.29, 0.717) is 21.1 Å². The van der Waals surface area contributed by atoms with Crippen LogP contribution in [0, 0.1) is 0 Å². The van der Waals surface area contributed by atoms with Crippen LogP contribution in [-0.2, 0) is 0 Å². The second-order valence-electron chi connectivity index (χ2n) is 2.31. The van der Waals surface area contributed by atoms with Crippen molar-refractivity contribution in [2.24, 2.45) is 0 Å². The van der Waals surface area contributed by atoms with E-state index < -0.39 is 0 Å². The predicted octanol–water partition coefficient (Wildman–Crippen LogP) is 3.40. The first-order chi connectivity index (χ1) is 6.20. The molecule has 2 N–H and O–H groups in total. The molecule has 6 heteroatoms. The molecule has 0 saturated carbocycles. The maximum absolute atomic E-state index is 5.92. The molecular formula is C7H4BrClN2OS. The summed E-state index contributed by atoms with van der Waals surface area (Å²) < 4.78 is 5.67. The highest BCUT2D eigenvalue weighted by Gasteiger charge is 2.16. The van der Waals surface area contributed by atoms with Gasteiger partial charge in [-0.05, 0) is 27.4 Å². The van der Waals surface area contributed by atoms with Crippen LogP contribution < -0.4 is 5.73 Å². The third-order valence-corrected chi connectivity index (χ3v) is 3.59. The van der Waals surface area contributed by atoms with Crippen molar-refractivity contribution in [1.82, 2.24) is 5.16 Å². The summed E-state index contributed by atoms with van der Waals surface area (Å²) in [5, 5.41) is 6.14. The highest BCUT2D eigenvalue weighted by atomic mass is 79.9. The van der Waals surface area contributed by atoms with Gasteiger partial charge in [-0.3, -0.25) is 0 Å². The van der Waals surface area contributed by atoms with Crippen LogP contribution in [0.2, 0.25) is 5.02 Å². The molecule has 2 heterocycles. The molecule has 3 nitrogen and oxygen atoms in total. The fourth-order valence-corrected chi connectivity index (χ4v) is 2.49. The number of nitrogens with two attached hydrogens (primary N) is 1. The molecule has 0 radical (unpaired) electrons. The lowest BCUT2D eigenvalue weighted by atomic mass is 10.3. The number of nitrogens with zero attached hydrogens (tertiary/aromatic N) is 1. The second-order valence-corrected chi connectivity index (χ2v) is 4.42. The number of rotatable bonds is 1. The molecule has 2 aromatic rings. The van der Waals surface area contributed by atoms with Crippen LogP contribution in [0.3, 0.4) is 0 Å². The molecule has 0 aromatic carbocycles. The third kappa shape index (κ3) is 1.47. The van der Waals surface area contributed by atoms with Gasteiger partial charge in [0, 0.05) is 0 Å². The Labute approximate surface area is 91.6 Å². The molecule has 0 spiro atoms. The molecule has 2 aromatic heterocycles. The monoisotopic (exact) mass is 278 g/mol. The summed E-state index contributed by atoms with van der Waals surface area (Å²) in [6.07, 6.45) is 0. The zero-order valence-corrected chi connectivity index (χ0v) is 9.41. The summed E-state index contributed by atoms with van der Waals surface area (Å²) in [5.74, 6) is 0.914. The minimum Gasteiger partial charge on any atom is -0.380 e. The lowest BCUT2D eigenvalue weighted by Crippen LogP contribution is -1.82. The van der Waals surface area contributed by atoms with Gasteiger partial charge in [-0.15, -0.1) is 11.3 Å². The fraction of sp³-hybridized carbons (Fsp3) is 0. The Bertz CT molecular complexity index is 439. The molecule has 0 bridgehead atoms. The minimum absolute atomic E-state index is 0.333. The van der Waals surface area contributed by atoms with Gasteiger partial charge in [-0.25, -0.2) is 0 Å². The van der Waals surface area contributed by atoms with Crippen molar-refractivity contribution >= 4 is 44.7 Å². The molecule has 68 valence electrons. The molecule has 0 aliphatic rings. The predicted molar refractivity (Wildman–Crippen MR) is 56.9 cm³/mol. The Balaban J connectivity index is 2.59. The SMILES string of the molecule is Nc1noc(-c2sccc2Cl)c1Br. The van der Waals surface area contributed by atoms with Crippen molar-refractivity contribution < 1.29 is 4.52 Å². The first-order valence-electron chi connectivity index (χ1n) is 3.34. The van der Waals surface area contributed by atoms with Crippen LogP contribution >= 0.6 is 38.9 Å². The average Bonchev–Trinajstić information content (AvgIpc) is 2.62. The lowest BCUT2D eigenvalue weighted by molar-refractivity contribution is 0.436. The first kappa shape index (κ1) is 9.05. The van der Waals surface area contributed by atoms with E-state index in [1.807, 2.05) is 5.38 Å². The summed E-state index contributed by atoms with van der Waals surface area (Å²) >= 11 is 10.7. The maximum atomic E-state index is 5.92. The van der Waals surface area contributed by atoms with Gasteiger partial charge in [-0.1, -0.05) is 16.8 Å². The molecule has 0 aliphatic carbocycles. The van der Waals surface area contributed by atoms with Gasteiger partial charge in [0.1, 0.15) is 4.47 Å². The average molecular weight is 280 g/mol. The quantitative estimate of drug-likeness (QED) is 0.870. The molecule has 0 atom stereocenters. The zero-order valence-electron chi connectivity index (χ0n) is 6.25. The largest absolute Gasteiger partial charge is 0.380 e. The Hall–Kier alpha value is -0.520. The number of aromatic nitrogens is 1. The van der Waals surface area contributed by atoms with Gasteiger partial charge in [0.05, 0.1) is 9.90 Å². The molecule has 0 aliphatic heterocycles. The lowest BCUT2D eigenvalue weighted by Gasteiger charge is -1.91. The van der Waals surface area contributed by atoms with Crippen LogP contribution in [0.25, 0.3) is 10.6 Å². The van der Waals surface area contributed by atoms with Gasteiger partial charge in [0.25, 0.3) is 0 Å². The number of halogens is 2. The number of thiophene rings is 1. The van der Waals surface area contributed by atoms with E-state index in [1.54, 1.807) is 6.07 Å². The molecule has 0 unspecified atom stereocenters. The second kappa shape index (κ2) is 3.32. The fourth-order valence-electron chi connectivity index (χ4n) is 0.888. The van der Waals surface area contributed by atoms with E-state index in [4.69, 9.17) is 21.9 Å². The third-order valence-electron chi connectivity index (χ3n) is 1.48. The van der Waals surface area contributed by atoms with E-state index in [-0.39, 0.29) is 0 Å². The van der Waals surface area contributed by atoms with Gasteiger partial charge < -0.3 is 10.3 Å². The van der Waals surface area contributed by atoms with E-state index in [1.165, 1.54) is 11.3 Å². The first-order valence-corrected chi connectivity index (χ1v) is 5.39.